The van der Waals surface area contributed by atoms with Crippen molar-refractivity contribution in [3.05, 3.63) is 62.9 Å². The van der Waals surface area contributed by atoms with Gasteiger partial charge < -0.3 is 19.5 Å². The molecule has 16 heteroatoms. The van der Waals surface area contributed by atoms with Gasteiger partial charge in [0, 0.05) is 12.6 Å². The minimum absolute atomic E-state index is 0.0751. The highest BCUT2D eigenvalue weighted by atomic mass is 31.2. The van der Waals surface area contributed by atoms with Crippen molar-refractivity contribution in [3.8, 4) is 5.75 Å². The van der Waals surface area contributed by atoms with Gasteiger partial charge in [0.2, 0.25) is 0 Å². The van der Waals surface area contributed by atoms with Crippen LogP contribution in [0.15, 0.2) is 46.1 Å². The monoisotopic (exact) mass is 523 g/mol. The molecule has 1 unspecified atom stereocenters. The molecule has 12 nitrogen and oxygen atoms in total. The number of aliphatic hydroxyl groups is 1. The fraction of sp³-hybridized carbons (Fsp3) is 0.421. The summed E-state index contributed by atoms with van der Waals surface area (Å²) < 4.78 is 68.8. The van der Waals surface area contributed by atoms with Gasteiger partial charge in [-0.2, -0.15) is 18.3 Å². The Labute approximate surface area is 194 Å². The predicted octanol–water partition coefficient (Wildman–Crippen LogP) is 1.47. The molecule has 192 valence electrons. The van der Waals surface area contributed by atoms with Crippen LogP contribution in [0.4, 0.5) is 13.2 Å². The molecule has 2 aromatic rings. The second-order valence-electron chi connectivity index (χ2n) is 7.53. The van der Waals surface area contributed by atoms with Gasteiger partial charge in [-0.15, -0.1) is 0 Å². The van der Waals surface area contributed by atoms with Crippen LogP contribution in [-0.4, -0.2) is 50.6 Å². The number of nitrogens with zero attached hydrogens (tertiary/aromatic N) is 1. The number of hydrogen-bond acceptors (Lipinski definition) is 8. The Bertz CT molecular complexity index is 1220. The third-order valence-electron chi connectivity index (χ3n) is 4.89. The van der Waals surface area contributed by atoms with E-state index in [0.29, 0.717) is 4.57 Å². The van der Waals surface area contributed by atoms with Gasteiger partial charge >= 0.3 is 25.6 Å². The Kier molecular flexibility index (Phi) is 7.87. The van der Waals surface area contributed by atoms with Gasteiger partial charge in [0.25, 0.3) is 5.56 Å². The second-order valence-corrected chi connectivity index (χ2v) is 9.22. The van der Waals surface area contributed by atoms with Gasteiger partial charge in [0.1, 0.15) is 29.7 Å². The molecule has 5 atom stereocenters. The van der Waals surface area contributed by atoms with E-state index in [1.165, 1.54) is 19.1 Å². The number of para-hydroxylation sites is 1. The van der Waals surface area contributed by atoms with Crippen molar-refractivity contribution in [1.29, 1.82) is 0 Å². The van der Waals surface area contributed by atoms with Crippen LogP contribution in [0.3, 0.4) is 0 Å². The molecule has 0 amide bonds. The first-order valence-corrected chi connectivity index (χ1v) is 11.6. The van der Waals surface area contributed by atoms with E-state index in [-0.39, 0.29) is 18.4 Å². The zero-order chi connectivity index (χ0) is 26.0. The van der Waals surface area contributed by atoms with Gasteiger partial charge in [-0.1, -0.05) is 18.2 Å². The van der Waals surface area contributed by atoms with E-state index < -0.39 is 67.8 Å². The average Bonchev–Trinajstić information content (AvgIpc) is 3.12. The molecule has 0 saturated carbocycles. The summed E-state index contributed by atoms with van der Waals surface area (Å²) in [5, 5.41) is 21.6. The van der Waals surface area contributed by atoms with Crippen molar-refractivity contribution in [2.24, 2.45) is 0 Å². The summed E-state index contributed by atoms with van der Waals surface area (Å²) in [5.41, 5.74) is -4.46. The van der Waals surface area contributed by atoms with Gasteiger partial charge in [-0.25, -0.2) is 9.36 Å². The fourth-order valence-electron chi connectivity index (χ4n) is 3.11. The molecule has 35 heavy (non-hydrogen) atoms. The van der Waals surface area contributed by atoms with Crippen molar-refractivity contribution in [3.63, 3.8) is 0 Å². The Balaban J connectivity index is 1.77. The molecule has 0 radical (unpaired) electrons. The molecule has 2 heterocycles. The van der Waals surface area contributed by atoms with Crippen LogP contribution < -0.4 is 20.9 Å². The van der Waals surface area contributed by atoms with Gasteiger partial charge in [-0.05, 0) is 19.1 Å². The smallest absolute Gasteiger partial charge is 0.459 e. The van der Waals surface area contributed by atoms with E-state index in [1.807, 2.05) is 0 Å². The van der Waals surface area contributed by atoms with Gasteiger partial charge in [0.15, 0.2) is 0 Å². The maximum Gasteiger partial charge on any atom is 0.459 e. The number of alkyl halides is 3. The molecule has 1 aliphatic heterocycles. The van der Waals surface area contributed by atoms with E-state index in [0.717, 1.165) is 0 Å². The number of ether oxygens (including phenoxy) is 1. The summed E-state index contributed by atoms with van der Waals surface area (Å²) in [7, 11) is -4.35. The normalized spacial score (nSPS) is 22.9. The van der Waals surface area contributed by atoms with Crippen molar-refractivity contribution < 1.29 is 46.5 Å². The molecule has 0 bridgehead atoms. The Morgan fingerprint density at radius 1 is 1.34 bits per heavy atom. The lowest BCUT2D eigenvalue weighted by atomic mass is 10.2. The number of aromatic amines is 1. The molecule has 3 rings (SSSR count). The molecule has 1 aliphatic rings. The van der Waals surface area contributed by atoms with Crippen LogP contribution in [0.1, 0.15) is 25.1 Å². The summed E-state index contributed by atoms with van der Waals surface area (Å²) in [5.74, 6) is -1.29. The van der Waals surface area contributed by atoms with Crippen molar-refractivity contribution in [2.45, 2.75) is 44.0 Å². The largest absolute Gasteiger partial charge is 0.480 e. The van der Waals surface area contributed by atoms with Crippen LogP contribution in [0.2, 0.25) is 0 Å². The molecule has 1 fully saturated rings. The number of H-pyrrole nitrogens is 1. The van der Waals surface area contributed by atoms with Crippen molar-refractivity contribution in [2.75, 3.05) is 6.61 Å². The lowest BCUT2D eigenvalue weighted by molar-refractivity contribution is -0.140. The number of carboxylic acid groups (broad SMARTS) is 1. The minimum atomic E-state index is -5.04. The summed E-state index contributed by atoms with van der Waals surface area (Å²) in [6.45, 7) is 0.538. The van der Waals surface area contributed by atoms with Crippen LogP contribution in [0.25, 0.3) is 0 Å². The molecule has 4 N–H and O–H groups in total. The summed E-state index contributed by atoms with van der Waals surface area (Å²) >= 11 is 0. The predicted molar refractivity (Wildman–Crippen MR) is 112 cm³/mol. The van der Waals surface area contributed by atoms with E-state index in [4.69, 9.17) is 18.9 Å². The SMILES string of the molecule is C[C@H](NP(=O)(OC[C@@H]1O[C@H](n2cc(C(F)(F)F)c(=O)[nH]c2=O)C[C@H]1O)Oc1ccccc1)C(=O)O. The maximum absolute atomic E-state index is 13.2. The van der Waals surface area contributed by atoms with E-state index >= 15 is 0 Å². The highest BCUT2D eigenvalue weighted by molar-refractivity contribution is 7.52. The number of carbonyl (C=O) groups is 1. The fourth-order valence-corrected chi connectivity index (χ4v) is 4.62. The third kappa shape index (κ3) is 6.58. The van der Waals surface area contributed by atoms with Crippen LogP contribution >= 0.6 is 7.75 Å². The van der Waals surface area contributed by atoms with E-state index in [1.54, 1.807) is 23.2 Å². The number of hydrogen-bond donors (Lipinski definition) is 4. The number of rotatable bonds is 9. The topological polar surface area (TPSA) is 169 Å². The molecule has 1 aromatic heterocycles. The van der Waals surface area contributed by atoms with Crippen LogP contribution in [0.5, 0.6) is 5.75 Å². The molecule has 0 spiro atoms. The number of aromatic nitrogens is 2. The Morgan fingerprint density at radius 3 is 2.60 bits per heavy atom. The first-order valence-electron chi connectivity index (χ1n) is 10.0. The number of benzene rings is 1. The quantitative estimate of drug-likeness (QED) is 0.353. The highest BCUT2D eigenvalue weighted by Crippen LogP contribution is 2.45. The zero-order valence-corrected chi connectivity index (χ0v) is 18.9. The first-order chi connectivity index (χ1) is 16.3. The first kappa shape index (κ1) is 26.6. The summed E-state index contributed by atoms with van der Waals surface area (Å²) in [6, 6.07) is 6.27. The number of nitrogens with one attached hydrogen (secondary N) is 2. The number of aliphatic hydroxyl groups excluding tert-OH is 1. The zero-order valence-electron chi connectivity index (χ0n) is 18.0. The summed E-state index contributed by atoms with van der Waals surface area (Å²) in [4.78, 5) is 36.3. The minimum Gasteiger partial charge on any atom is -0.480 e. The van der Waals surface area contributed by atoms with Crippen molar-refractivity contribution in [1.82, 2.24) is 14.6 Å². The number of aliphatic carboxylic acids is 1. The lowest BCUT2D eigenvalue weighted by Gasteiger charge is -2.24. The standard InChI is InChI=1S/C19H21F3N3O9P/c1-10(17(28)29)24-35(31,34-11-5-3-2-4-6-11)32-9-14-13(26)7-15(33-14)25-8-12(19(20,21)22)16(27)23-18(25)30/h2-6,8,10,13-15,26H,7,9H2,1H3,(H,24,31)(H,28,29)(H,23,27,30)/t10-,13+,14-,15-,35?/m0/s1. The molecular formula is C19H21F3N3O9P. The van der Waals surface area contributed by atoms with E-state index in [9.17, 15) is 37.2 Å². The van der Waals surface area contributed by atoms with Crippen LogP contribution in [0, 0.1) is 0 Å². The van der Waals surface area contributed by atoms with Crippen molar-refractivity contribution >= 4 is 13.7 Å². The Hall–Kier alpha value is -2.97. The summed E-state index contributed by atoms with van der Waals surface area (Å²) in [6.07, 6.45) is -9.21. The molecular weight excluding hydrogens is 502 g/mol. The maximum atomic E-state index is 13.2. The second kappa shape index (κ2) is 10.3. The third-order valence-corrected chi connectivity index (χ3v) is 6.53. The molecule has 1 aromatic carbocycles. The highest BCUT2D eigenvalue weighted by Gasteiger charge is 2.41. The average molecular weight is 523 g/mol. The van der Waals surface area contributed by atoms with Gasteiger partial charge in [-0.3, -0.25) is 23.7 Å². The molecule has 0 aliphatic carbocycles. The number of halogens is 3. The van der Waals surface area contributed by atoms with Gasteiger partial charge in [0.05, 0.1) is 12.7 Å². The number of carboxylic acids is 1. The lowest BCUT2D eigenvalue weighted by Crippen LogP contribution is -2.36. The van der Waals surface area contributed by atoms with E-state index in [2.05, 4.69) is 5.09 Å². The van der Waals surface area contributed by atoms with Crippen LogP contribution in [-0.2, 0) is 24.8 Å². The Morgan fingerprint density at radius 2 is 2.00 bits per heavy atom. The molecule has 1 saturated heterocycles.